The van der Waals surface area contributed by atoms with Gasteiger partial charge in [0.15, 0.2) is 0 Å². The predicted octanol–water partition coefficient (Wildman–Crippen LogP) is 0.701. The van der Waals surface area contributed by atoms with Gasteiger partial charge in [0.05, 0.1) is 26.7 Å². The number of hydrogen-bond donors (Lipinski definition) is 0. The van der Waals surface area contributed by atoms with Crippen molar-refractivity contribution >= 4 is 19.1 Å². The molecule has 3 aliphatic rings. The number of rotatable bonds is 4. The second-order valence-corrected chi connectivity index (χ2v) is 6.74. The molecule has 0 atom stereocenters. The molecule has 0 radical (unpaired) electrons. The third-order valence-electron chi connectivity index (χ3n) is 5.15. The highest BCUT2D eigenvalue weighted by Gasteiger charge is 2.39. The van der Waals surface area contributed by atoms with E-state index in [0.29, 0.717) is 14.4 Å². The third kappa shape index (κ3) is 4.74. The van der Waals surface area contributed by atoms with Gasteiger partial charge in [0.25, 0.3) is 0 Å². The SMILES string of the molecule is COc1cccc(C(=O)C[N+]23CCN(CC2)CC3)c1.[BH3-]c1ccccc1. The second kappa shape index (κ2) is 8.52. The number of fused-ring (bicyclic) bond motifs is 3. The van der Waals surface area contributed by atoms with E-state index in [-0.39, 0.29) is 5.78 Å². The summed E-state index contributed by atoms with van der Waals surface area (Å²) in [5, 5.41) is 0. The summed E-state index contributed by atoms with van der Waals surface area (Å²) in [5.41, 5.74) is 2.35. The fourth-order valence-electron chi connectivity index (χ4n) is 3.50. The van der Waals surface area contributed by atoms with Crippen molar-refractivity contribution in [3.8, 4) is 5.75 Å². The number of carbonyl (C=O) groups excluding carboxylic acids is 1. The molecule has 0 aliphatic carbocycles. The molecule has 2 aromatic rings. The Bertz CT molecular complexity index is 714. The van der Waals surface area contributed by atoms with Gasteiger partial charge in [-0.1, -0.05) is 42.5 Å². The number of hydrogen-bond acceptors (Lipinski definition) is 3. The highest BCUT2D eigenvalue weighted by atomic mass is 16.5. The van der Waals surface area contributed by atoms with E-state index in [9.17, 15) is 4.79 Å². The maximum atomic E-state index is 12.5. The van der Waals surface area contributed by atoms with Gasteiger partial charge in [0.2, 0.25) is 5.78 Å². The van der Waals surface area contributed by atoms with Crippen LogP contribution in [0.2, 0.25) is 0 Å². The molecule has 5 rings (SSSR count). The number of carbonyl (C=O) groups is 1. The van der Waals surface area contributed by atoms with Crippen LogP contribution in [0.1, 0.15) is 10.4 Å². The van der Waals surface area contributed by atoms with E-state index in [1.807, 2.05) is 24.3 Å². The Kier molecular flexibility index (Phi) is 6.12. The minimum Gasteiger partial charge on any atom is -0.497 e. The lowest BCUT2D eigenvalue weighted by Crippen LogP contribution is -2.68. The first-order chi connectivity index (χ1) is 12.6. The zero-order chi connectivity index (χ0) is 18.4. The molecule has 0 spiro atoms. The molecular weight excluding hydrogens is 323 g/mol. The molecule has 5 heteroatoms. The van der Waals surface area contributed by atoms with Crippen molar-refractivity contribution in [1.29, 1.82) is 0 Å². The van der Waals surface area contributed by atoms with Crippen molar-refractivity contribution in [2.45, 2.75) is 0 Å². The first kappa shape index (κ1) is 18.7. The van der Waals surface area contributed by atoms with Crippen LogP contribution in [0.3, 0.4) is 0 Å². The Hall–Kier alpha value is -2.11. The van der Waals surface area contributed by atoms with Crippen LogP contribution >= 0.6 is 0 Å². The zero-order valence-corrected chi connectivity index (χ0v) is 14.9. The Labute approximate surface area is 157 Å². The van der Waals surface area contributed by atoms with E-state index >= 15 is 0 Å². The van der Waals surface area contributed by atoms with Crippen molar-refractivity contribution < 1.29 is 14.0 Å². The molecule has 2 bridgehead atoms. The largest absolute Gasteiger partial charge is 0.497 e. The molecule has 2 aromatic carbocycles. The second-order valence-electron chi connectivity index (χ2n) is 6.74. The summed E-state index contributed by atoms with van der Waals surface area (Å²) in [6.07, 6.45) is 0. The van der Waals surface area contributed by atoms with Crippen molar-refractivity contribution in [2.24, 2.45) is 0 Å². The number of ether oxygens (including phenoxy) is 1. The lowest BCUT2D eigenvalue weighted by Gasteiger charge is -2.50. The number of methoxy groups -OCH3 is 1. The van der Waals surface area contributed by atoms with Gasteiger partial charge >= 0.3 is 0 Å². The van der Waals surface area contributed by atoms with Gasteiger partial charge < -0.3 is 9.22 Å². The van der Waals surface area contributed by atoms with Crippen LogP contribution < -0.4 is 10.2 Å². The first-order valence-corrected chi connectivity index (χ1v) is 8.87. The Balaban J connectivity index is 0.000000236. The maximum Gasteiger partial charge on any atom is 0.217 e. The number of Topliss-reactive ketones (excluding diaryl/α,β-unsaturated/α-hetero) is 1. The summed E-state index contributed by atoms with van der Waals surface area (Å²) in [5.74, 6) is 1.00. The van der Waals surface area contributed by atoms with E-state index in [1.165, 1.54) is 0 Å². The topological polar surface area (TPSA) is 29.5 Å². The van der Waals surface area contributed by atoms with Crippen molar-refractivity contribution in [3.05, 3.63) is 60.2 Å². The lowest BCUT2D eigenvalue weighted by molar-refractivity contribution is -0.933. The van der Waals surface area contributed by atoms with Crippen LogP contribution in [-0.4, -0.2) is 75.9 Å². The summed E-state index contributed by atoms with van der Waals surface area (Å²) in [6, 6.07) is 18.2. The van der Waals surface area contributed by atoms with Crippen molar-refractivity contribution in [1.82, 2.24) is 4.90 Å². The van der Waals surface area contributed by atoms with Gasteiger partial charge in [-0.25, -0.2) is 5.46 Å². The molecule has 0 N–H and O–H groups in total. The Morgan fingerprint density at radius 2 is 1.69 bits per heavy atom. The Morgan fingerprint density at radius 3 is 2.23 bits per heavy atom. The van der Waals surface area contributed by atoms with Crippen LogP contribution in [0.15, 0.2) is 54.6 Å². The average Bonchev–Trinajstić information content (AvgIpc) is 2.70. The number of piperazine rings is 3. The van der Waals surface area contributed by atoms with Crippen LogP contribution in [0.5, 0.6) is 5.75 Å². The quantitative estimate of drug-likeness (QED) is 0.461. The van der Waals surface area contributed by atoms with Gasteiger partial charge in [0.1, 0.15) is 12.3 Å². The molecule has 3 heterocycles. The Morgan fingerprint density at radius 1 is 1.04 bits per heavy atom. The molecule has 0 unspecified atom stereocenters. The molecule has 138 valence electrons. The molecule has 4 nitrogen and oxygen atoms in total. The van der Waals surface area contributed by atoms with Crippen LogP contribution in [0, 0.1) is 0 Å². The molecule has 0 saturated carbocycles. The van der Waals surface area contributed by atoms with Gasteiger partial charge in [-0.15, -0.1) is 0 Å². The summed E-state index contributed by atoms with van der Waals surface area (Å²) in [7, 11) is 2.08. The zero-order valence-electron chi connectivity index (χ0n) is 14.9. The molecule has 3 aliphatic heterocycles. The highest BCUT2D eigenvalue weighted by molar-refractivity contribution is 6.32. The van der Waals surface area contributed by atoms with E-state index in [4.69, 9.17) is 4.74 Å². The van der Waals surface area contributed by atoms with Crippen LogP contribution in [0.25, 0.3) is 0 Å². The first-order valence-electron chi connectivity index (χ1n) is 8.87. The molecule has 0 amide bonds. The smallest absolute Gasteiger partial charge is 0.217 e. The number of nitrogens with zero attached hydrogens (tertiary/aromatic N) is 2. The predicted molar refractivity (Wildman–Crippen MR) is 110 cm³/mol. The van der Waals surface area contributed by atoms with E-state index in [2.05, 4.69) is 35.2 Å². The van der Waals surface area contributed by atoms with Crippen LogP contribution in [0.4, 0.5) is 0 Å². The minimum atomic E-state index is 0.245. The maximum absolute atomic E-state index is 12.5. The molecular formula is C21H29BN2O2. The normalized spacial score (nSPS) is 23.7. The monoisotopic (exact) mass is 352 g/mol. The van der Waals surface area contributed by atoms with Gasteiger partial charge in [-0.2, -0.15) is 0 Å². The molecule has 3 fully saturated rings. The third-order valence-corrected chi connectivity index (χ3v) is 5.15. The molecule has 0 aromatic heterocycles. The minimum absolute atomic E-state index is 0.245. The van der Waals surface area contributed by atoms with E-state index in [1.54, 1.807) is 12.6 Å². The van der Waals surface area contributed by atoms with Crippen LogP contribution in [-0.2, 0) is 0 Å². The highest BCUT2D eigenvalue weighted by Crippen LogP contribution is 2.21. The molecule has 26 heavy (non-hydrogen) atoms. The fourth-order valence-corrected chi connectivity index (χ4v) is 3.50. The summed E-state index contributed by atoms with van der Waals surface area (Å²) < 4.78 is 6.17. The van der Waals surface area contributed by atoms with E-state index < -0.39 is 0 Å². The fraction of sp³-hybridized carbons (Fsp3) is 0.381. The van der Waals surface area contributed by atoms with Crippen molar-refractivity contribution in [3.63, 3.8) is 0 Å². The van der Waals surface area contributed by atoms with Gasteiger partial charge in [0, 0.05) is 25.2 Å². The summed E-state index contributed by atoms with van der Waals surface area (Å²) in [6.45, 7) is 7.43. The molecule has 3 saturated heterocycles. The van der Waals surface area contributed by atoms with Crippen molar-refractivity contribution in [2.75, 3.05) is 52.9 Å². The lowest BCUT2D eigenvalue weighted by atomic mass is 9.97. The average molecular weight is 352 g/mol. The number of quaternary nitrogens is 1. The standard InChI is InChI=1S/C15H21N2O2.C6H8B/c1-19-14-4-2-3-13(11-14)15(18)12-17-8-5-16(6-9-17)7-10-17;7-6-4-2-1-3-5-6/h2-4,11H,5-10,12H2,1H3;1-5H,7H3/q+1;-1. The summed E-state index contributed by atoms with van der Waals surface area (Å²) >= 11 is 0. The van der Waals surface area contributed by atoms with Gasteiger partial charge in [-0.05, 0) is 20.0 Å². The summed E-state index contributed by atoms with van der Waals surface area (Å²) in [4.78, 5) is 15.0. The van der Waals surface area contributed by atoms with Gasteiger partial charge in [-0.3, -0.25) is 9.69 Å². The number of ketones is 1. The number of benzene rings is 2. The van der Waals surface area contributed by atoms with E-state index in [0.717, 1.165) is 55.1 Å².